The minimum Gasteiger partial charge on any atom is -0.0654 e. The van der Waals surface area contributed by atoms with Crippen LogP contribution in [0.2, 0.25) is 0 Å². The summed E-state index contributed by atoms with van der Waals surface area (Å²) in [6.45, 7) is 2.29. The smallest absolute Gasteiger partial charge is 0.0654 e. The molecule has 4 aromatic rings. The van der Waals surface area contributed by atoms with E-state index in [0.717, 1.165) is 6.16 Å². The van der Waals surface area contributed by atoms with Crippen molar-refractivity contribution in [3.63, 3.8) is 0 Å². The first kappa shape index (κ1) is 26.4. The maximum absolute atomic E-state index is 2.39. The fourth-order valence-electron chi connectivity index (χ4n) is 5.32. The molecule has 0 unspecified atom stereocenters. The molecule has 0 heterocycles. The van der Waals surface area contributed by atoms with Gasteiger partial charge in [-0.05, 0) is 60.4 Å². The third kappa shape index (κ3) is 6.96. The zero-order chi connectivity index (χ0) is 24.9. The summed E-state index contributed by atoms with van der Waals surface area (Å²) in [5, 5.41) is 4.35. The zero-order valence-corrected chi connectivity index (χ0v) is 22.9. The second-order valence-corrected chi connectivity index (χ2v) is 13.5. The topological polar surface area (TPSA) is 0 Å². The predicted octanol–water partition coefficient (Wildman–Crippen LogP) is 8.86. The van der Waals surface area contributed by atoms with E-state index >= 15 is 0 Å². The highest BCUT2D eigenvalue weighted by Gasteiger charge is 2.45. The van der Waals surface area contributed by atoms with Gasteiger partial charge in [-0.15, -0.1) is 0 Å². The average molecular weight is 494 g/mol. The molecular weight excluding hydrogens is 451 g/mol. The zero-order valence-electron chi connectivity index (χ0n) is 22.0. The van der Waals surface area contributed by atoms with E-state index in [1.54, 1.807) is 0 Å². The van der Waals surface area contributed by atoms with Gasteiger partial charge in [-0.1, -0.05) is 131 Å². The fraction of sp³-hybridized carbons (Fsp3) is 0.314. The summed E-state index contributed by atoms with van der Waals surface area (Å²) in [5.41, 5.74) is 2.91. The summed E-state index contributed by atoms with van der Waals surface area (Å²) in [6.07, 6.45) is 13.3. The Labute approximate surface area is 220 Å². The maximum atomic E-state index is 2.39. The second kappa shape index (κ2) is 14.2. The lowest BCUT2D eigenvalue weighted by Gasteiger charge is -2.28. The van der Waals surface area contributed by atoms with Gasteiger partial charge in [0.1, 0.15) is 23.2 Å². The molecule has 0 aliphatic carbocycles. The van der Waals surface area contributed by atoms with E-state index in [2.05, 4.69) is 122 Å². The van der Waals surface area contributed by atoms with Gasteiger partial charge in [0, 0.05) is 0 Å². The third-order valence-electron chi connectivity index (χ3n) is 7.35. The lowest BCUT2D eigenvalue weighted by Crippen LogP contribution is -2.32. The molecule has 0 atom stereocenters. The lowest BCUT2D eigenvalue weighted by molar-refractivity contribution is 0.575. The van der Waals surface area contributed by atoms with Crippen molar-refractivity contribution in [1.29, 1.82) is 0 Å². The van der Waals surface area contributed by atoms with Crippen molar-refractivity contribution in [2.45, 2.75) is 70.9 Å². The van der Waals surface area contributed by atoms with Crippen molar-refractivity contribution in [2.24, 2.45) is 0 Å². The summed E-state index contributed by atoms with van der Waals surface area (Å²) in [7, 11) is -1.83. The van der Waals surface area contributed by atoms with Gasteiger partial charge >= 0.3 is 0 Å². The van der Waals surface area contributed by atoms with E-state index in [9.17, 15) is 0 Å². The number of unbranched alkanes of at least 4 members (excludes halogenated alkanes) is 7. The van der Waals surface area contributed by atoms with Crippen LogP contribution in [-0.2, 0) is 12.6 Å². The van der Waals surface area contributed by atoms with Gasteiger partial charge in [-0.2, -0.15) is 0 Å². The number of hydrogen-bond acceptors (Lipinski definition) is 0. The summed E-state index contributed by atoms with van der Waals surface area (Å²) in [6, 6.07) is 43.2. The van der Waals surface area contributed by atoms with Gasteiger partial charge in [-0.3, -0.25) is 0 Å². The number of hydrogen-bond donors (Lipinski definition) is 0. The molecule has 0 N–H and O–H groups in total. The van der Waals surface area contributed by atoms with Crippen molar-refractivity contribution in [3.8, 4) is 0 Å². The van der Waals surface area contributed by atoms with Gasteiger partial charge < -0.3 is 0 Å². The van der Waals surface area contributed by atoms with Crippen LogP contribution >= 0.6 is 7.26 Å². The molecule has 4 rings (SSSR count). The minimum atomic E-state index is -1.83. The van der Waals surface area contributed by atoms with Crippen molar-refractivity contribution in [2.75, 3.05) is 0 Å². The van der Waals surface area contributed by atoms with E-state index in [1.165, 1.54) is 84.8 Å². The van der Waals surface area contributed by atoms with Gasteiger partial charge in [0.15, 0.2) is 0 Å². The Morgan fingerprint density at radius 2 is 0.806 bits per heavy atom. The van der Waals surface area contributed by atoms with Crippen LogP contribution in [-0.4, -0.2) is 0 Å². The Kier molecular flexibility index (Phi) is 10.4. The molecule has 0 aromatic heterocycles. The number of aryl methyl sites for hydroxylation is 1. The molecule has 186 valence electrons. The summed E-state index contributed by atoms with van der Waals surface area (Å²) >= 11 is 0. The van der Waals surface area contributed by atoms with Gasteiger partial charge in [0.2, 0.25) is 0 Å². The van der Waals surface area contributed by atoms with E-state index in [0.29, 0.717) is 0 Å². The maximum Gasteiger partial charge on any atom is 0.116 e. The molecule has 0 nitrogen and oxygen atoms in total. The molecule has 0 aliphatic rings. The monoisotopic (exact) mass is 493 g/mol. The van der Waals surface area contributed by atoms with Gasteiger partial charge in [0.25, 0.3) is 0 Å². The summed E-state index contributed by atoms with van der Waals surface area (Å²) < 4.78 is 0. The Bertz CT molecular complexity index is 1020. The molecule has 0 amide bonds. The predicted molar refractivity (Wildman–Crippen MR) is 162 cm³/mol. The molecule has 0 spiro atoms. The van der Waals surface area contributed by atoms with Crippen LogP contribution in [0.15, 0.2) is 115 Å². The standard InChI is InChI=1S/C35H42P/c1-2-3-4-5-6-7-8-12-19-31-26-28-32(29-27-31)30-36(33-20-13-9-14-21-33,34-22-15-10-16-23-34)35-24-17-11-18-25-35/h9-11,13-18,20-29H,2-8,12,19,30H2,1H3/q+1. The van der Waals surface area contributed by atoms with E-state index < -0.39 is 7.26 Å². The van der Waals surface area contributed by atoms with Crippen LogP contribution in [0.5, 0.6) is 0 Å². The van der Waals surface area contributed by atoms with Crippen LogP contribution in [0.3, 0.4) is 0 Å². The van der Waals surface area contributed by atoms with Crippen LogP contribution in [0, 0.1) is 0 Å². The van der Waals surface area contributed by atoms with E-state index in [4.69, 9.17) is 0 Å². The first-order valence-corrected chi connectivity index (χ1v) is 15.9. The average Bonchev–Trinajstić information content (AvgIpc) is 2.95. The fourth-order valence-corrected chi connectivity index (χ4v) is 9.56. The van der Waals surface area contributed by atoms with Crippen molar-refractivity contribution < 1.29 is 0 Å². The third-order valence-corrected chi connectivity index (χ3v) is 11.7. The van der Waals surface area contributed by atoms with E-state index in [-0.39, 0.29) is 0 Å². The first-order valence-electron chi connectivity index (χ1n) is 14.0. The molecule has 4 aromatic carbocycles. The Morgan fingerprint density at radius 1 is 0.417 bits per heavy atom. The normalized spacial score (nSPS) is 11.5. The second-order valence-electron chi connectivity index (χ2n) is 10.0. The van der Waals surface area contributed by atoms with E-state index in [1.807, 2.05) is 0 Å². The van der Waals surface area contributed by atoms with Crippen molar-refractivity contribution >= 4 is 23.2 Å². The molecule has 0 aliphatic heterocycles. The molecule has 36 heavy (non-hydrogen) atoms. The van der Waals surface area contributed by atoms with Crippen molar-refractivity contribution in [3.05, 3.63) is 126 Å². The Morgan fingerprint density at radius 3 is 1.25 bits per heavy atom. The van der Waals surface area contributed by atoms with Crippen molar-refractivity contribution in [1.82, 2.24) is 0 Å². The number of rotatable bonds is 14. The molecule has 0 bridgehead atoms. The van der Waals surface area contributed by atoms with Gasteiger partial charge in [-0.25, -0.2) is 0 Å². The van der Waals surface area contributed by atoms with Crippen LogP contribution in [0.1, 0.15) is 69.4 Å². The minimum absolute atomic E-state index is 1.04. The quantitative estimate of drug-likeness (QED) is 0.122. The molecular formula is C35H42P+. The van der Waals surface area contributed by atoms with Crippen LogP contribution in [0.25, 0.3) is 0 Å². The Hall–Kier alpha value is -2.69. The highest BCUT2D eigenvalue weighted by atomic mass is 31.2. The summed E-state index contributed by atoms with van der Waals surface area (Å²) in [5.74, 6) is 0. The summed E-state index contributed by atoms with van der Waals surface area (Å²) in [4.78, 5) is 0. The highest BCUT2D eigenvalue weighted by Crippen LogP contribution is 2.58. The van der Waals surface area contributed by atoms with Crippen LogP contribution in [0.4, 0.5) is 0 Å². The van der Waals surface area contributed by atoms with Crippen LogP contribution < -0.4 is 15.9 Å². The molecule has 0 radical (unpaired) electrons. The molecule has 0 saturated heterocycles. The first-order chi connectivity index (χ1) is 17.8. The highest BCUT2D eigenvalue weighted by molar-refractivity contribution is 7.95. The Balaban J connectivity index is 1.52. The number of benzene rings is 4. The SMILES string of the molecule is CCCCCCCCCCc1ccc(C[P+](c2ccccc2)(c2ccccc2)c2ccccc2)cc1. The molecule has 0 fully saturated rings. The molecule has 1 heteroatoms. The molecule has 0 saturated carbocycles. The van der Waals surface area contributed by atoms with Gasteiger partial charge in [0.05, 0.1) is 6.16 Å². The largest absolute Gasteiger partial charge is 0.116 e. The lowest BCUT2D eigenvalue weighted by atomic mass is 10.0.